The summed E-state index contributed by atoms with van der Waals surface area (Å²) >= 11 is 0.382. The molecule has 0 fully saturated rings. The first-order valence-corrected chi connectivity index (χ1v) is 13.0. The van der Waals surface area contributed by atoms with E-state index < -0.39 is 0 Å². The predicted molar refractivity (Wildman–Crippen MR) is 128 cm³/mol. The first-order valence-electron chi connectivity index (χ1n) is 10.1. The molecule has 0 unspecified atom stereocenters. The second-order valence-electron chi connectivity index (χ2n) is 6.71. The van der Waals surface area contributed by atoms with Gasteiger partial charge in [-0.05, 0) is 61.8 Å². The molecule has 0 amide bonds. The van der Waals surface area contributed by atoms with Gasteiger partial charge in [0.05, 0.1) is 22.8 Å². The van der Waals surface area contributed by atoms with Crippen molar-refractivity contribution in [1.29, 1.82) is 0 Å². The van der Waals surface area contributed by atoms with Crippen LogP contribution in [0.3, 0.4) is 0 Å². The Bertz CT molecular complexity index is 731. The fourth-order valence-corrected chi connectivity index (χ4v) is 3.21. The number of hydrogen-bond acceptors (Lipinski definition) is 2. The van der Waals surface area contributed by atoms with Gasteiger partial charge >= 0.3 is 33.2 Å². The molecule has 0 aliphatic rings. The van der Waals surface area contributed by atoms with E-state index in [1.165, 1.54) is 22.3 Å². The molecule has 2 rings (SSSR count). The Labute approximate surface area is 191 Å². The van der Waals surface area contributed by atoms with Gasteiger partial charge in [0.25, 0.3) is 0 Å². The number of rotatable bonds is 7. The van der Waals surface area contributed by atoms with Crippen LogP contribution < -0.4 is 0 Å². The molecule has 0 saturated heterocycles. The summed E-state index contributed by atoms with van der Waals surface area (Å²) in [6.45, 7) is 12.9. The molecule has 2 aromatic carbocycles. The topological polar surface area (TPSA) is 24.7 Å². The number of benzene rings is 2. The van der Waals surface area contributed by atoms with Gasteiger partial charge < -0.3 is 0 Å². The monoisotopic (exact) mass is 477 g/mol. The summed E-state index contributed by atoms with van der Waals surface area (Å²) in [5.41, 5.74) is 9.47. The van der Waals surface area contributed by atoms with E-state index in [4.69, 9.17) is 30.3 Å². The Morgan fingerprint density at radius 1 is 0.655 bits per heavy atom. The first-order chi connectivity index (χ1) is 14.0. The number of aryl methyl sites for hydroxylation is 4. The first kappa shape index (κ1) is 25.9. The van der Waals surface area contributed by atoms with Gasteiger partial charge in [-0.15, -0.1) is 0 Å². The average Bonchev–Trinajstić information content (AvgIpc) is 2.74. The standard InChI is InChI=1S/C24H32N2.2ClH.Co/c1-7-19-13-11-14-20(8-2)23(19)25-17(5)18(6)26-24-21(9-3)15-12-16-22(24)10-4;;;/h11-16H,7-10H2,1-6H3;2*1H;/q;;;+2/p-2. The fraction of sp³-hybridized carbons (Fsp3) is 0.417. The van der Waals surface area contributed by atoms with Gasteiger partial charge in [0.1, 0.15) is 0 Å². The summed E-state index contributed by atoms with van der Waals surface area (Å²) in [6.07, 6.45) is 3.98. The zero-order valence-electron chi connectivity index (χ0n) is 18.3. The zero-order chi connectivity index (χ0) is 21.8. The molecule has 0 N–H and O–H groups in total. The van der Waals surface area contributed by atoms with E-state index in [9.17, 15) is 0 Å². The third-order valence-electron chi connectivity index (χ3n) is 5.01. The Morgan fingerprint density at radius 3 is 1.10 bits per heavy atom. The number of halogens is 2. The minimum absolute atomic E-state index is 0.382. The molecule has 29 heavy (non-hydrogen) atoms. The Morgan fingerprint density at radius 2 is 0.897 bits per heavy atom. The van der Waals surface area contributed by atoms with E-state index in [2.05, 4.69) is 77.9 Å². The normalized spacial score (nSPS) is 12.0. The molecule has 0 heterocycles. The molecular weight excluding hydrogens is 446 g/mol. The summed E-state index contributed by atoms with van der Waals surface area (Å²) in [5, 5.41) is 0. The van der Waals surface area contributed by atoms with Gasteiger partial charge in [0.2, 0.25) is 0 Å². The fourth-order valence-electron chi connectivity index (χ4n) is 3.21. The average molecular weight is 478 g/mol. The molecule has 2 aromatic rings. The van der Waals surface area contributed by atoms with Crippen LogP contribution in [0.4, 0.5) is 11.4 Å². The molecule has 0 aliphatic heterocycles. The van der Waals surface area contributed by atoms with Crippen molar-refractivity contribution >= 4 is 43.1 Å². The van der Waals surface area contributed by atoms with Gasteiger partial charge in [0.15, 0.2) is 0 Å². The molecule has 0 aromatic heterocycles. The van der Waals surface area contributed by atoms with E-state index in [1.807, 2.05) is 0 Å². The van der Waals surface area contributed by atoms with Crippen LogP contribution in [0.5, 0.6) is 0 Å². The molecule has 161 valence electrons. The molecule has 0 spiro atoms. The second kappa shape index (κ2) is 14.0. The SMILES string of the molecule is CCc1cccc(CC)c1N=C(C)C(C)=Nc1c(CC)cccc1CC.[Cl][Co][Cl]. The molecule has 0 bridgehead atoms. The molecular formula is C24H32Cl2CoN2. The van der Waals surface area contributed by atoms with E-state index >= 15 is 0 Å². The van der Waals surface area contributed by atoms with E-state index in [0.717, 1.165) is 48.5 Å². The van der Waals surface area contributed by atoms with Gasteiger partial charge in [-0.25, -0.2) is 0 Å². The third kappa shape index (κ3) is 7.56. The van der Waals surface area contributed by atoms with Crippen LogP contribution in [0.25, 0.3) is 0 Å². The second-order valence-corrected chi connectivity index (χ2v) is 8.43. The van der Waals surface area contributed by atoms with Gasteiger partial charge in [-0.2, -0.15) is 0 Å². The quantitative estimate of drug-likeness (QED) is 0.359. The Balaban J connectivity index is 0.00000132. The maximum absolute atomic E-state index is 4.99. The number of nitrogens with zero attached hydrogens (tertiary/aromatic N) is 2. The molecule has 0 atom stereocenters. The predicted octanol–water partition coefficient (Wildman–Crippen LogP) is 8.20. The maximum atomic E-state index is 4.99. The molecule has 5 heteroatoms. The number of hydrogen-bond donors (Lipinski definition) is 0. The van der Waals surface area contributed by atoms with Crippen molar-refractivity contribution in [2.75, 3.05) is 0 Å². The third-order valence-corrected chi connectivity index (χ3v) is 5.01. The van der Waals surface area contributed by atoms with E-state index in [0.29, 0.717) is 12.9 Å². The Hall–Kier alpha value is -1.13. The van der Waals surface area contributed by atoms with Crippen LogP contribution >= 0.6 is 20.3 Å². The van der Waals surface area contributed by atoms with Crippen LogP contribution in [0.2, 0.25) is 0 Å². The summed E-state index contributed by atoms with van der Waals surface area (Å²) in [7, 11) is 9.47. The molecule has 2 nitrogen and oxygen atoms in total. The van der Waals surface area contributed by atoms with E-state index in [-0.39, 0.29) is 0 Å². The van der Waals surface area contributed by atoms with Crippen molar-refractivity contribution in [3.63, 3.8) is 0 Å². The Kier molecular flexibility index (Phi) is 12.5. The van der Waals surface area contributed by atoms with Crippen molar-refractivity contribution in [1.82, 2.24) is 0 Å². The summed E-state index contributed by atoms with van der Waals surface area (Å²) < 4.78 is 0. The van der Waals surface area contributed by atoms with Crippen LogP contribution in [-0.2, 0) is 38.6 Å². The van der Waals surface area contributed by atoms with Gasteiger partial charge in [0, 0.05) is 0 Å². The zero-order valence-corrected chi connectivity index (χ0v) is 20.8. The van der Waals surface area contributed by atoms with Gasteiger partial charge in [-0.3, -0.25) is 9.98 Å². The van der Waals surface area contributed by atoms with Crippen molar-refractivity contribution in [3.05, 3.63) is 58.7 Å². The van der Waals surface area contributed by atoms with Crippen molar-refractivity contribution in [2.45, 2.75) is 67.2 Å². The molecule has 0 radical (unpaired) electrons. The van der Waals surface area contributed by atoms with Crippen LogP contribution in [0.15, 0.2) is 46.4 Å². The number of para-hydroxylation sites is 2. The number of aliphatic imine (C=N–C) groups is 2. The van der Waals surface area contributed by atoms with Crippen molar-refractivity contribution in [3.8, 4) is 0 Å². The molecule has 0 aliphatic carbocycles. The summed E-state index contributed by atoms with van der Waals surface area (Å²) in [4.78, 5) is 9.99. The van der Waals surface area contributed by atoms with E-state index in [1.54, 1.807) is 0 Å². The minimum atomic E-state index is 0.382. The van der Waals surface area contributed by atoms with Crippen molar-refractivity contribution in [2.24, 2.45) is 9.98 Å². The van der Waals surface area contributed by atoms with Crippen LogP contribution in [0.1, 0.15) is 63.8 Å². The van der Waals surface area contributed by atoms with Crippen LogP contribution in [-0.4, -0.2) is 11.4 Å². The molecule has 0 saturated carbocycles. The van der Waals surface area contributed by atoms with Crippen molar-refractivity contribution < 1.29 is 12.9 Å². The van der Waals surface area contributed by atoms with Gasteiger partial charge in [-0.1, -0.05) is 64.1 Å². The summed E-state index contributed by atoms with van der Waals surface area (Å²) in [5.74, 6) is 0. The van der Waals surface area contributed by atoms with Crippen LogP contribution in [0, 0.1) is 0 Å². The summed E-state index contributed by atoms with van der Waals surface area (Å²) in [6, 6.07) is 13.0.